The van der Waals surface area contributed by atoms with Crippen molar-refractivity contribution in [2.24, 2.45) is 0 Å². The molecule has 0 aliphatic heterocycles. The molecule has 1 N–H and O–H groups in total. The maximum atomic E-state index is 11.3. The Morgan fingerprint density at radius 3 is 2.11 bits per heavy atom. The average Bonchev–Trinajstić information content (AvgIpc) is 2.28. The van der Waals surface area contributed by atoms with Crippen molar-refractivity contribution >= 4 is 22.1 Å². The molecule has 0 radical (unpaired) electrons. The molecule has 0 amide bonds. The fourth-order valence-corrected chi connectivity index (χ4v) is 1.51. The number of ether oxygens (including phenoxy) is 2. The van der Waals surface area contributed by atoms with Crippen molar-refractivity contribution in [2.75, 3.05) is 0 Å². The molecule has 1 unspecified atom stereocenters. The molecule has 0 aliphatic rings. The van der Waals surface area contributed by atoms with Crippen molar-refractivity contribution in [2.45, 2.75) is 25.5 Å². The Balaban J connectivity index is 4.81. The quantitative estimate of drug-likeness (QED) is 0.434. The van der Waals surface area contributed by atoms with Gasteiger partial charge in [0.2, 0.25) is 0 Å². The normalized spacial score (nSPS) is 13.7. The first-order valence-corrected chi connectivity index (χ1v) is 6.41. The van der Waals surface area contributed by atoms with Gasteiger partial charge in [-0.05, 0) is 13.8 Å². The van der Waals surface area contributed by atoms with E-state index in [9.17, 15) is 18.0 Å². The van der Waals surface area contributed by atoms with Gasteiger partial charge >= 0.3 is 11.9 Å². The number of esters is 2. The van der Waals surface area contributed by atoms with Crippen LogP contribution in [0.1, 0.15) is 20.3 Å². The number of carbonyl (C=O) groups is 2. The van der Waals surface area contributed by atoms with E-state index in [2.05, 4.69) is 9.47 Å². The topological polar surface area (TPSA) is 107 Å². The Labute approximate surface area is 105 Å². The summed E-state index contributed by atoms with van der Waals surface area (Å²) in [4.78, 5) is 22.5. The van der Waals surface area contributed by atoms with Crippen molar-refractivity contribution < 1.29 is 32.0 Å². The highest BCUT2D eigenvalue weighted by Crippen LogP contribution is 2.09. The lowest BCUT2D eigenvalue weighted by Crippen LogP contribution is -2.33. The first-order chi connectivity index (χ1) is 8.32. The molecule has 0 aromatic carbocycles. The Kier molecular flexibility index (Phi) is 6.91. The van der Waals surface area contributed by atoms with Crippen LogP contribution in [0.25, 0.3) is 0 Å². The lowest BCUT2D eigenvalue weighted by Gasteiger charge is -2.09. The Morgan fingerprint density at radius 1 is 1.17 bits per heavy atom. The summed E-state index contributed by atoms with van der Waals surface area (Å²) >= 11 is 0. The molecule has 0 aromatic heterocycles. The molecule has 102 valence electrons. The molecule has 0 spiro atoms. The third kappa shape index (κ3) is 6.16. The molecular formula is C10H14O7S. The zero-order chi connectivity index (χ0) is 14.2. The van der Waals surface area contributed by atoms with Crippen LogP contribution in [-0.2, 0) is 29.2 Å². The fraction of sp³-hybridized carbons (Fsp3) is 0.400. The summed E-state index contributed by atoms with van der Waals surface area (Å²) in [5.41, 5.74) is 0. The predicted molar refractivity (Wildman–Crippen MR) is 61.8 cm³/mol. The van der Waals surface area contributed by atoms with Gasteiger partial charge in [-0.25, -0.2) is 0 Å². The van der Waals surface area contributed by atoms with Crippen molar-refractivity contribution in [1.29, 1.82) is 0 Å². The number of hydrogen-bond donors (Lipinski definition) is 1. The van der Waals surface area contributed by atoms with Crippen LogP contribution in [0.3, 0.4) is 0 Å². The number of rotatable bonds is 6. The van der Waals surface area contributed by atoms with Crippen molar-refractivity contribution in [3.63, 3.8) is 0 Å². The smallest absolute Gasteiger partial charge is 0.332 e. The highest BCUT2D eigenvalue weighted by atomic mass is 32.2. The SMILES string of the molecule is CC=COC(=O)CC(C(=O)OC=CC)S(=O)(=O)O. The van der Waals surface area contributed by atoms with Gasteiger partial charge in [0.05, 0.1) is 18.9 Å². The monoisotopic (exact) mass is 278 g/mol. The molecule has 1 atom stereocenters. The fourth-order valence-electron chi connectivity index (χ4n) is 0.865. The Morgan fingerprint density at radius 2 is 1.67 bits per heavy atom. The Hall–Kier alpha value is -1.67. The van der Waals surface area contributed by atoms with E-state index in [-0.39, 0.29) is 0 Å². The van der Waals surface area contributed by atoms with E-state index in [1.54, 1.807) is 6.92 Å². The maximum absolute atomic E-state index is 11.3. The molecule has 0 rings (SSSR count). The minimum Gasteiger partial charge on any atom is -0.435 e. The van der Waals surface area contributed by atoms with Crippen molar-refractivity contribution in [3.8, 4) is 0 Å². The van der Waals surface area contributed by atoms with Crippen LogP contribution in [0.15, 0.2) is 24.7 Å². The maximum Gasteiger partial charge on any atom is 0.332 e. The zero-order valence-corrected chi connectivity index (χ0v) is 10.7. The van der Waals surface area contributed by atoms with Gasteiger partial charge in [-0.3, -0.25) is 14.1 Å². The van der Waals surface area contributed by atoms with Crippen LogP contribution in [-0.4, -0.2) is 30.2 Å². The van der Waals surface area contributed by atoms with Gasteiger partial charge in [-0.2, -0.15) is 8.42 Å². The first-order valence-electron chi connectivity index (χ1n) is 4.91. The summed E-state index contributed by atoms with van der Waals surface area (Å²) < 4.78 is 39.6. The summed E-state index contributed by atoms with van der Waals surface area (Å²) in [6, 6.07) is 0. The van der Waals surface area contributed by atoms with E-state index in [0.29, 0.717) is 0 Å². The van der Waals surface area contributed by atoms with Crippen LogP contribution < -0.4 is 0 Å². The third-order valence-corrected chi connectivity index (χ3v) is 2.71. The summed E-state index contributed by atoms with van der Waals surface area (Å²) in [6.07, 6.45) is 3.88. The highest BCUT2D eigenvalue weighted by Gasteiger charge is 2.35. The van der Waals surface area contributed by atoms with Crippen LogP contribution >= 0.6 is 0 Å². The number of carbonyl (C=O) groups excluding carboxylic acids is 2. The molecule has 8 heteroatoms. The molecule has 0 aliphatic carbocycles. The molecule has 0 aromatic rings. The second kappa shape index (κ2) is 7.62. The molecule has 7 nitrogen and oxygen atoms in total. The van der Waals surface area contributed by atoms with Gasteiger partial charge in [0.25, 0.3) is 10.1 Å². The van der Waals surface area contributed by atoms with Gasteiger partial charge in [0, 0.05) is 0 Å². The second-order valence-corrected chi connectivity index (χ2v) is 4.67. The first kappa shape index (κ1) is 16.3. The van der Waals surface area contributed by atoms with Crippen molar-refractivity contribution in [1.82, 2.24) is 0 Å². The minimum absolute atomic E-state index is 0.834. The lowest BCUT2D eigenvalue weighted by molar-refractivity contribution is -0.144. The van der Waals surface area contributed by atoms with Gasteiger partial charge in [-0.1, -0.05) is 12.2 Å². The predicted octanol–water partition coefficient (Wildman–Crippen LogP) is 0.786. The summed E-state index contributed by atoms with van der Waals surface area (Å²) in [6.45, 7) is 3.11. The summed E-state index contributed by atoms with van der Waals surface area (Å²) in [5, 5.41) is -2.01. The van der Waals surface area contributed by atoms with Gasteiger partial charge in [0.15, 0.2) is 5.25 Å². The van der Waals surface area contributed by atoms with Crippen LogP contribution in [0.4, 0.5) is 0 Å². The highest BCUT2D eigenvalue weighted by molar-refractivity contribution is 7.87. The van der Waals surface area contributed by atoms with E-state index in [4.69, 9.17) is 4.55 Å². The number of allylic oxidation sites excluding steroid dienone is 2. The molecule has 0 bridgehead atoms. The largest absolute Gasteiger partial charge is 0.435 e. The van der Waals surface area contributed by atoms with Crippen LogP contribution in [0.5, 0.6) is 0 Å². The lowest BCUT2D eigenvalue weighted by atomic mass is 10.3. The second-order valence-electron chi connectivity index (χ2n) is 3.07. The molecule has 0 saturated carbocycles. The third-order valence-electron chi connectivity index (χ3n) is 1.63. The molecule has 0 heterocycles. The molecule has 0 fully saturated rings. The van der Waals surface area contributed by atoms with E-state index < -0.39 is 33.7 Å². The van der Waals surface area contributed by atoms with Crippen LogP contribution in [0.2, 0.25) is 0 Å². The van der Waals surface area contributed by atoms with E-state index >= 15 is 0 Å². The van der Waals surface area contributed by atoms with E-state index in [1.807, 2.05) is 0 Å². The van der Waals surface area contributed by atoms with E-state index in [0.717, 1.165) is 12.5 Å². The zero-order valence-electron chi connectivity index (χ0n) is 9.90. The summed E-state index contributed by atoms with van der Waals surface area (Å²) in [7, 11) is -4.75. The number of hydrogen-bond acceptors (Lipinski definition) is 6. The molecule has 0 saturated heterocycles. The van der Waals surface area contributed by atoms with Crippen LogP contribution in [0, 0.1) is 0 Å². The van der Waals surface area contributed by atoms with Gasteiger partial charge in [-0.15, -0.1) is 0 Å². The Bertz CT molecular complexity index is 447. The summed E-state index contributed by atoms with van der Waals surface area (Å²) in [5.74, 6) is -2.24. The van der Waals surface area contributed by atoms with E-state index in [1.165, 1.54) is 19.1 Å². The van der Waals surface area contributed by atoms with Gasteiger partial charge in [0.1, 0.15) is 0 Å². The minimum atomic E-state index is -4.75. The van der Waals surface area contributed by atoms with Gasteiger partial charge < -0.3 is 9.47 Å². The average molecular weight is 278 g/mol. The molecular weight excluding hydrogens is 264 g/mol. The van der Waals surface area contributed by atoms with Crippen molar-refractivity contribution in [3.05, 3.63) is 24.7 Å². The standard InChI is InChI=1S/C10H14O7S/c1-3-5-16-9(11)7-8(18(13,14)15)10(12)17-6-4-2/h3-6,8H,7H2,1-2H3,(H,13,14,15). The molecule has 18 heavy (non-hydrogen) atoms.